The lowest BCUT2D eigenvalue weighted by Crippen LogP contribution is -1.90. The summed E-state index contributed by atoms with van der Waals surface area (Å²) in [7, 11) is 0. The summed E-state index contributed by atoms with van der Waals surface area (Å²) >= 11 is 0. The molecule has 17 heavy (non-hydrogen) atoms. The molecule has 0 amide bonds. The molecule has 0 fully saturated rings. The summed E-state index contributed by atoms with van der Waals surface area (Å²) in [6.07, 6.45) is 0. The quantitative estimate of drug-likeness (QED) is 0.613. The summed E-state index contributed by atoms with van der Waals surface area (Å²) in [6, 6.07) is 10.4. The van der Waals surface area contributed by atoms with Crippen LogP contribution >= 0.6 is 0 Å². The number of pyridine rings is 1. The summed E-state index contributed by atoms with van der Waals surface area (Å²) in [4.78, 5) is 4.59. The van der Waals surface area contributed by atoms with E-state index < -0.39 is 0 Å². The van der Waals surface area contributed by atoms with E-state index >= 15 is 0 Å². The number of nitrogens with zero attached hydrogens (tertiary/aromatic N) is 1. The highest BCUT2D eigenvalue weighted by atomic mass is 16.3. The number of aryl methyl sites for hydroxylation is 1. The van der Waals surface area contributed by atoms with Crippen molar-refractivity contribution in [3.8, 4) is 0 Å². The Morgan fingerprint density at radius 3 is 2.65 bits per heavy atom. The molecule has 0 bridgehead atoms. The van der Waals surface area contributed by atoms with Gasteiger partial charge in [-0.3, -0.25) is 0 Å². The van der Waals surface area contributed by atoms with E-state index in [1.165, 1.54) is 0 Å². The SMILES string of the molecule is Cc1cccc2c1oc1nc(C(C)C)ccc12. The number of hydrogen-bond acceptors (Lipinski definition) is 2. The second-order valence-electron chi connectivity index (χ2n) is 4.80. The van der Waals surface area contributed by atoms with Gasteiger partial charge in [-0.1, -0.05) is 32.0 Å². The monoisotopic (exact) mass is 225 g/mol. The Morgan fingerprint density at radius 1 is 1.06 bits per heavy atom. The molecule has 0 unspecified atom stereocenters. The highest BCUT2D eigenvalue weighted by molar-refractivity contribution is 6.04. The van der Waals surface area contributed by atoms with Crippen LogP contribution in [-0.4, -0.2) is 4.98 Å². The molecule has 0 radical (unpaired) electrons. The highest BCUT2D eigenvalue weighted by Crippen LogP contribution is 2.30. The molecule has 1 aromatic carbocycles. The zero-order valence-electron chi connectivity index (χ0n) is 10.3. The molecule has 2 aromatic heterocycles. The molecule has 86 valence electrons. The number of furan rings is 1. The Kier molecular flexibility index (Phi) is 2.18. The molecule has 0 saturated carbocycles. The normalized spacial score (nSPS) is 11.8. The molecule has 3 aromatic rings. The summed E-state index contributed by atoms with van der Waals surface area (Å²) in [5.41, 5.74) is 3.94. The first-order valence-electron chi connectivity index (χ1n) is 5.95. The number of benzene rings is 1. The Bertz CT molecular complexity index is 695. The number of fused-ring (bicyclic) bond motifs is 3. The van der Waals surface area contributed by atoms with Crippen LogP contribution in [0.1, 0.15) is 31.0 Å². The van der Waals surface area contributed by atoms with Crippen molar-refractivity contribution in [1.82, 2.24) is 4.98 Å². The molecular formula is C15H15NO. The standard InChI is InChI=1S/C15H15NO/c1-9(2)13-8-7-12-11-6-4-5-10(3)14(11)17-15(12)16-13/h4-9H,1-3H3. The molecule has 2 nitrogen and oxygen atoms in total. The maximum atomic E-state index is 5.86. The molecule has 0 aliphatic rings. The minimum absolute atomic E-state index is 0.425. The van der Waals surface area contributed by atoms with E-state index in [-0.39, 0.29) is 0 Å². The number of rotatable bonds is 1. The van der Waals surface area contributed by atoms with Gasteiger partial charge < -0.3 is 4.42 Å². The Hall–Kier alpha value is -1.83. The highest BCUT2D eigenvalue weighted by Gasteiger charge is 2.11. The van der Waals surface area contributed by atoms with Crippen LogP contribution in [0.2, 0.25) is 0 Å². The topological polar surface area (TPSA) is 26.0 Å². The molecule has 3 rings (SSSR count). The van der Waals surface area contributed by atoms with Crippen molar-refractivity contribution in [2.45, 2.75) is 26.7 Å². The van der Waals surface area contributed by atoms with Crippen LogP contribution in [0.3, 0.4) is 0 Å². The fraction of sp³-hybridized carbons (Fsp3) is 0.267. The maximum Gasteiger partial charge on any atom is 0.227 e. The van der Waals surface area contributed by atoms with Gasteiger partial charge in [0, 0.05) is 16.5 Å². The van der Waals surface area contributed by atoms with Crippen LogP contribution in [0, 0.1) is 6.92 Å². The largest absolute Gasteiger partial charge is 0.437 e. The molecule has 0 aliphatic heterocycles. The van der Waals surface area contributed by atoms with Gasteiger partial charge in [-0.05, 0) is 30.5 Å². The minimum Gasteiger partial charge on any atom is -0.437 e. The summed E-state index contributed by atoms with van der Waals surface area (Å²) in [5.74, 6) is 0.425. The minimum atomic E-state index is 0.425. The Labute approximate surface area is 100 Å². The van der Waals surface area contributed by atoms with E-state index in [9.17, 15) is 0 Å². The summed E-state index contributed by atoms with van der Waals surface area (Å²) in [6.45, 7) is 6.35. The lowest BCUT2D eigenvalue weighted by molar-refractivity contribution is 0.645. The van der Waals surface area contributed by atoms with E-state index in [2.05, 4.69) is 56.1 Å². The second-order valence-corrected chi connectivity index (χ2v) is 4.80. The predicted molar refractivity (Wildman–Crippen MR) is 70.3 cm³/mol. The van der Waals surface area contributed by atoms with Crippen molar-refractivity contribution < 1.29 is 4.42 Å². The van der Waals surface area contributed by atoms with Crippen LogP contribution in [0.5, 0.6) is 0 Å². The second kappa shape index (κ2) is 3.59. The van der Waals surface area contributed by atoms with Crippen LogP contribution in [0.15, 0.2) is 34.7 Å². The zero-order chi connectivity index (χ0) is 12.0. The van der Waals surface area contributed by atoms with Crippen LogP contribution in [-0.2, 0) is 0 Å². The van der Waals surface area contributed by atoms with E-state index in [0.29, 0.717) is 5.92 Å². The van der Waals surface area contributed by atoms with Crippen molar-refractivity contribution in [3.63, 3.8) is 0 Å². The number of hydrogen-bond donors (Lipinski definition) is 0. The molecule has 2 heteroatoms. The molecular weight excluding hydrogens is 210 g/mol. The van der Waals surface area contributed by atoms with Gasteiger partial charge in [0.2, 0.25) is 5.71 Å². The molecule has 0 saturated heterocycles. The van der Waals surface area contributed by atoms with E-state index in [0.717, 1.165) is 33.3 Å². The number of para-hydroxylation sites is 1. The molecule has 0 atom stereocenters. The van der Waals surface area contributed by atoms with Gasteiger partial charge in [-0.25, -0.2) is 4.98 Å². The lowest BCUT2D eigenvalue weighted by atomic mass is 10.1. The summed E-state index contributed by atoms with van der Waals surface area (Å²) in [5, 5.41) is 2.26. The van der Waals surface area contributed by atoms with Crippen LogP contribution in [0.25, 0.3) is 22.1 Å². The fourth-order valence-corrected chi connectivity index (χ4v) is 2.16. The van der Waals surface area contributed by atoms with Gasteiger partial charge in [-0.15, -0.1) is 0 Å². The van der Waals surface area contributed by atoms with Gasteiger partial charge in [0.05, 0.1) is 0 Å². The molecule has 0 N–H and O–H groups in total. The van der Waals surface area contributed by atoms with Crippen molar-refractivity contribution in [2.24, 2.45) is 0 Å². The smallest absolute Gasteiger partial charge is 0.227 e. The Balaban J connectivity index is 2.39. The van der Waals surface area contributed by atoms with E-state index in [4.69, 9.17) is 4.42 Å². The van der Waals surface area contributed by atoms with Crippen LogP contribution < -0.4 is 0 Å². The lowest BCUT2D eigenvalue weighted by Gasteiger charge is -2.02. The zero-order valence-corrected chi connectivity index (χ0v) is 10.3. The van der Waals surface area contributed by atoms with Gasteiger partial charge in [0.1, 0.15) is 5.58 Å². The number of aromatic nitrogens is 1. The first-order chi connectivity index (χ1) is 8.16. The average Bonchev–Trinajstić information content (AvgIpc) is 2.68. The van der Waals surface area contributed by atoms with E-state index in [1.807, 2.05) is 0 Å². The first kappa shape index (κ1) is 10.3. The maximum absolute atomic E-state index is 5.86. The molecule has 0 aliphatic carbocycles. The van der Waals surface area contributed by atoms with Crippen molar-refractivity contribution >= 4 is 22.1 Å². The van der Waals surface area contributed by atoms with E-state index in [1.54, 1.807) is 0 Å². The van der Waals surface area contributed by atoms with Gasteiger partial charge in [-0.2, -0.15) is 0 Å². The van der Waals surface area contributed by atoms with Gasteiger partial charge in [0.15, 0.2) is 0 Å². The fourth-order valence-electron chi connectivity index (χ4n) is 2.16. The first-order valence-corrected chi connectivity index (χ1v) is 5.95. The van der Waals surface area contributed by atoms with Crippen molar-refractivity contribution in [1.29, 1.82) is 0 Å². The van der Waals surface area contributed by atoms with Gasteiger partial charge >= 0.3 is 0 Å². The predicted octanol–water partition coefficient (Wildman–Crippen LogP) is 4.41. The third kappa shape index (κ3) is 1.52. The van der Waals surface area contributed by atoms with Crippen molar-refractivity contribution in [3.05, 3.63) is 41.6 Å². The van der Waals surface area contributed by atoms with Crippen molar-refractivity contribution in [2.75, 3.05) is 0 Å². The Morgan fingerprint density at radius 2 is 1.88 bits per heavy atom. The third-order valence-electron chi connectivity index (χ3n) is 3.17. The third-order valence-corrected chi connectivity index (χ3v) is 3.17. The summed E-state index contributed by atoms with van der Waals surface area (Å²) < 4.78 is 5.86. The van der Waals surface area contributed by atoms with Crippen LogP contribution in [0.4, 0.5) is 0 Å². The van der Waals surface area contributed by atoms with Gasteiger partial charge in [0.25, 0.3) is 0 Å². The molecule has 2 heterocycles. The molecule has 0 spiro atoms. The average molecular weight is 225 g/mol.